The van der Waals surface area contributed by atoms with Gasteiger partial charge in [0, 0.05) is 0 Å². The average molecular weight is 243 g/mol. The Morgan fingerprint density at radius 1 is 1.06 bits per heavy atom. The monoisotopic (exact) mass is 243 g/mol. The van der Waals surface area contributed by atoms with Crippen LogP contribution in [0.3, 0.4) is 0 Å². The Bertz CT molecular complexity index is 450. The topological polar surface area (TPSA) is 32.3 Å². The summed E-state index contributed by atoms with van der Waals surface area (Å²) in [5, 5.41) is 14.9. The van der Waals surface area contributed by atoms with Crippen molar-refractivity contribution in [2.45, 2.75) is 43.7 Å². The van der Waals surface area contributed by atoms with Crippen molar-refractivity contribution < 1.29 is 5.11 Å². The van der Waals surface area contributed by atoms with E-state index in [1.54, 1.807) is 0 Å². The average Bonchev–Trinajstić information content (AvgIpc) is 3.30. The Morgan fingerprint density at radius 2 is 1.72 bits per heavy atom. The Morgan fingerprint density at radius 3 is 2.39 bits per heavy atom. The van der Waals surface area contributed by atoms with Crippen LogP contribution < -0.4 is 5.32 Å². The van der Waals surface area contributed by atoms with E-state index in [9.17, 15) is 5.11 Å². The highest BCUT2D eigenvalue weighted by Gasteiger charge is 2.58. The number of hydrogen-bond acceptors (Lipinski definition) is 2. The predicted molar refractivity (Wildman–Crippen MR) is 71.3 cm³/mol. The van der Waals surface area contributed by atoms with E-state index in [-0.39, 0.29) is 6.04 Å². The van der Waals surface area contributed by atoms with Gasteiger partial charge in [0.05, 0.1) is 11.6 Å². The quantitative estimate of drug-likeness (QED) is 0.854. The summed E-state index contributed by atoms with van der Waals surface area (Å²) in [6, 6.07) is 8.83. The van der Waals surface area contributed by atoms with Crippen LogP contribution in [0.5, 0.6) is 0 Å². The molecule has 0 radical (unpaired) electrons. The van der Waals surface area contributed by atoms with Crippen LogP contribution in [0.2, 0.25) is 0 Å². The molecule has 0 aromatic heterocycles. The second-order valence-electron chi connectivity index (χ2n) is 6.27. The molecule has 0 bridgehead atoms. The van der Waals surface area contributed by atoms with E-state index in [0.29, 0.717) is 11.8 Å². The molecule has 0 spiro atoms. The Balaban J connectivity index is 1.76. The zero-order chi connectivity index (χ0) is 12.2. The Kier molecular flexibility index (Phi) is 2.33. The summed E-state index contributed by atoms with van der Waals surface area (Å²) in [7, 11) is 0. The van der Waals surface area contributed by atoms with Crippen LogP contribution in [0.15, 0.2) is 24.3 Å². The molecule has 1 atom stereocenters. The van der Waals surface area contributed by atoms with E-state index in [1.807, 2.05) is 0 Å². The van der Waals surface area contributed by atoms with E-state index in [1.165, 1.54) is 36.8 Å². The van der Waals surface area contributed by atoms with Crippen LogP contribution in [-0.2, 0) is 6.42 Å². The highest BCUT2D eigenvalue weighted by atomic mass is 16.3. The molecule has 1 aromatic carbocycles. The number of nitrogens with one attached hydrogen (secondary N) is 1. The van der Waals surface area contributed by atoms with Crippen LogP contribution in [0.4, 0.5) is 0 Å². The van der Waals surface area contributed by atoms with Crippen molar-refractivity contribution >= 4 is 0 Å². The molecule has 2 fully saturated rings. The molecule has 2 heteroatoms. The molecule has 3 aliphatic rings. The van der Waals surface area contributed by atoms with Gasteiger partial charge in [-0.15, -0.1) is 0 Å². The maximum absolute atomic E-state index is 11.3. The molecular weight excluding hydrogens is 222 g/mol. The van der Waals surface area contributed by atoms with Crippen molar-refractivity contribution in [1.29, 1.82) is 0 Å². The van der Waals surface area contributed by atoms with Crippen molar-refractivity contribution in [3.63, 3.8) is 0 Å². The van der Waals surface area contributed by atoms with Gasteiger partial charge in [-0.05, 0) is 61.6 Å². The van der Waals surface area contributed by atoms with Crippen molar-refractivity contribution in [2.24, 2.45) is 11.8 Å². The smallest absolute Gasteiger partial charge is 0.0897 e. The van der Waals surface area contributed by atoms with E-state index < -0.39 is 5.60 Å². The second-order valence-corrected chi connectivity index (χ2v) is 6.27. The van der Waals surface area contributed by atoms with E-state index in [0.717, 1.165) is 13.0 Å². The van der Waals surface area contributed by atoms with Gasteiger partial charge in [-0.1, -0.05) is 24.3 Å². The lowest BCUT2D eigenvalue weighted by Crippen LogP contribution is -2.50. The third kappa shape index (κ3) is 1.55. The number of hydrogen-bond donors (Lipinski definition) is 2. The van der Waals surface area contributed by atoms with Gasteiger partial charge in [0.25, 0.3) is 0 Å². The van der Waals surface area contributed by atoms with E-state index in [4.69, 9.17) is 0 Å². The molecule has 1 aromatic rings. The van der Waals surface area contributed by atoms with Crippen LogP contribution in [0.1, 0.15) is 42.9 Å². The molecule has 96 valence electrons. The second kappa shape index (κ2) is 3.82. The van der Waals surface area contributed by atoms with Crippen LogP contribution >= 0.6 is 0 Å². The number of rotatable bonds is 3. The van der Waals surface area contributed by atoms with Crippen molar-refractivity contribution in [2.75, 3.05) is 6.54 Å². The van der Waals surface area contributed by atoms with Crippen molar-refractivity contribution in [1.82, 2.24) is 5.32 Å². The van der Waals surface area contributed by atoms with Gasteiger partial charge in [0.15, 0.2) is 0 Å². The Labute approximate surface area is 108 Å². The molecule has 0 amide bonds. The molecular formula is C16H21NO. The predicted octanol–water partition coefficient (Wildman–Crippen LogP) is 2.42. The highest BCUT2D eigenvalue weighted by molar-refractivity contribution is 5.36. The largest absolute Gasteiger partial charge is 0.387 e. The molecule has 2 saturated carbocycles. The fourth-order valence-electron chi connectivity index (χ4n) is 3.81. The summed E-state index contributed by atoms with van der Waals surface area (Å²) in [5.74, 6) is 1.07. The van der Waals surface area contributed by atoms with Crippen LogP contribution in [-0.4, -0.2) is 17.3 Å². The first-order valence-corrected chi connectivity index (χ1v) is 7.33. The lowest BCUT2D eigenvalue weighted by Gasteiger charge is -2.41. The van der Waals surface area contributed by atoms with Crippen LogP contribution in [0.25, 0.3) is 0 Å². The van der Waals surface area contributed by atoms with Crippen LogP contribution in [0, 0.1) is 11.8 Å². The van der Waals surface area contributed by atoms with Gasteiger partial charge in [0.2, 0.25) is 0 Å². The molecule has 1 aliphatic heterocycles. The number of benzene rings is 1. The first-order valence-electron chi connectivity index (χ1n) is 7.33. The molecule has 2 aliphatic carbocycles. The maximum Gasteiger partial charge on any atom is 0.0897 e. The SMILES string of the molecule is OC(C1CC1)(C1CC1)C1NCCc2ccccc21. The minimum atomic E-state index is -0.476. The summed E-state index contributed by atoms with van der Waals surface area (Å²) < 4.78 is 0. The van der Waals surface area contributed by atoms with Gasteiger partial charge >= 0.3 is 0 Å². The highest BCUT2D eigenvalue weighted by Crippen LogP contribution is 2.57. The fraction of sp³-hybridized carbons (Fsp3) is 0.625. The Hall–Kier alpha value is -0.860. The van der Waals surface area contributed by atoms with Gasteiger partial charge in [-0.3, -0.25) is 0 Å². The number of fused-ring (bicyclic) bond motifs is 1. The molecule has 4 rings (SSSR count). The minimum Gasteiger partial charge on any atom is -0.387 e. The van der Waals surface area contributed by atoms with Gasteiger partial charge in [-0.2, -0.15) is 0 Å². The molecule has 1 unspecified atom stereocenters. The first kappa shape index (κ1) is 11.0. The van der Waals surface area contributed by atoms with Gasteiger partial charge in [-0.25, -0.2) is 0 Å². The lowest BCUT2D eigenvalue weighted by molar-refractivity contribution is -0.0431. The summed E-state index contributed by atoms with van der Waals surface area (Å²) in [6.45, 7) is 1.00. The zero-order valence-electron chi connectivity index (χ0n) is 10.7. The van der Waals surface area contributed by atoms with Crippen molar-refractivity contribution in [3.05, 3.63) is 35.4 Å². The minimum absolute atomic E-state index is 0.169. The third-order valence-electron chi connectivity index (χ3n) is 5.03. The number of aliphatic hydroxyl groups is 1. The molecule has 18 heavy (non-hydrogen) atoms. The third-order valence-corrected chi connectivity index (χ3v) is 5.03. The van der Waals surface area contributed by atoms with Crippen molar-refractivity contribution in [3.8, 4) is 0 Å². The van der Waals surface area contributed by atoms with E-state index >= 15 is 0 Å². The normalized spacial score (nSPS) is 27.9. The summed E-state index contributed by atoms with van der Waals surface area (Å²) in [5.41, 5.74) is 2.31. The molecule has 1 heterocycles. The first-order chi connectivity index (χ1) is 8.80. The maximum atomic E-state index is 11.3. The fourth-order valence-corrected chi connectivity index (χ4v) is 3.81. The van der Waals surface area contributed by atoms with Gasteiger partial charge < -0.3 is 10.4 Å². The molecule has 2 nitrogen and oxygen atoms in total. The molecule has 0 saturated heterocycles. The van der Waals surface area contributed by atoms with Gasteiger partial charge in [0.1, 0.15) is 0 Å². The lowest BCUT2D eigenvalue weighted by atomic mass is 9.77. The summed E-state index contributed by atoms with van der Waals surface area (Å²) in [6.07, 6.45) is 5.96. The van der Waals surface area contributed by atoms with E-state index in [2.05, 4.69) is 29.6 Å². The summed E-state index contributed by atoms with van der Waals surface area (Å²) >= 11 is 0. The standard InChI is InChI=1S/C16H21NO/c18-16(12-5-6-12,13-7-8-13)15-14-4-2-1-3-11(14)9-10-17-15/h1-4,12-13,15,17-18H,5-10H2. The zero-order valence-corrected chi connectivity index (χ0v) is 10.7. The summed E-state index contributed by atoms with van der Waals surface area (Å²) in [4.78, 5) is 0. The molecule has 2 N–H and O–H groups in total.